The first-order chi connectivity index (χ1) is 9.61. The van der Waals surface area contributed by atoms with Crippen molar-refractivity contribution >= 4 is 11.0 Å². The van der Waals surface area contributed by atoms with Gasteiger partial charge in [0.05, 0.1) is 6.10 Å². The largest absolute Gasteiger partial charge is 0.423 e. The second kappa shape index (κ2) is 5.38. The second-order valence-corrected chi connectivity index (χ2v) is 5.62. The quantitative estimate of drug-likeness (QED) is 0.851. The van der Waals surface area contributed by atoms with Crippen LogP contribution >= 0.6 is 0 Å². The number of piperidine rings is 1. The third-order valence-electron chi connectivity index (χ3n) is 3.86. The highest BCUT2D eigenvalue weighted by atomic mass is 16.4. The molecule has 1 N–H and O–H groups in total. The lowest BCUT2D eigenvalue weighted by molar-refractivity contribution is 0.0670. The Kier molecular flexibility index (Phi) is 3.59. The highest BCUT2D eigenvalue weighted by Crippen LogP contribution is 2.21. The smallest absolute Gasteiger partial charge is 0.336 e. The average molecular weight is 273 g/mol. The molecule has 106 valence electrons. The van der Waals surface area contributed by atoms with Gasteiger partial charge in [-0.25, -0.2) is 4.79 Å². The van der Waals surface area contributed by atoms with Crippen molar-refractivity contribution in [3.05, 3.63) is 45.8 Å². The van der Waals surface area contributed by atoms with E-state index in [9.17, 15) is 9.90 Å². The van der Waals surface area contributed by atoms with E-state index in [2.05, 4.69) is 4.90 Å². The van der Waals surface area contributed by atoms with Crippen LogP contribution in [0.1, 0.15) is 24.0 Å². The van der Waals surface area contributed by atoms with Crippen molar-refractivity contribution in [2.24, 2.45) is 0 Å². The monoisotopic (exact) mass is 273 g/mol. The lowest BCUT2D eigenvalue weighted by atomic mass is 10.0. The van der Waals surface area contributed by atoms with Gasteiger partial charge < -0.3 is 9.52 Å². The summed E-state index contributed by atoms with van der Waals surface area (Å²) in [7, 11) is 0. The zero-order valence-corrected chi connectivity index (χ0v) is 11.6. The molecule has 1 saturated heterocycles. The minimum Gasteiger partial charge on any atom is -0.423 e. The van der Waals surface area contributed by atoms with E-state index in [1.807, 2.05) is 25.1 Å². The number of rotatable bonds is 2. The standard InChI is InChI=1S/C16H19NO3/c1-11-4-5-14-12(8-16(19)20-15(14)7-11)9-17-6-2-3-13(18)10-17/h4-5,7-8,13,18H,2-3,6,9-10H2,1H3. The summed E-state index contributed by atoms with van der Waals surface area (Å²) in [5, 5.41) is 10.7. The first kappa shape index (κ1) is 13.3. The molecular weight excluding hydrogens is 254 g/mol. The number of nitrogens with zero attached hydrogens (tertiary/aromatic N) is 1. The first-order valence-corrected chi connectivity index (χ1v) is 7.05. The summed E-state index contributed by atoms with van der Waals surface area (Å²) >= 11 is 0. The molecule has 0 spiro atoms. The van der Waals surface area contributed by atoms with Gasteiger partial charge in [0.25, 0.3) is 0 Å². The van der Waals surface area contributed by atoms with E-state index in [0.29, 0.717) is 18.7 Å². The van der Waals surface area contributed by atoms with Crippen LogP contribution in [-0.2, 0) is 6.54 Å². The molecule has 0 aliphatic carbocycles. The molecule has 1 fully saturated rings. The fourth-order valence-electron chi connectivity index (χ4n) is 2.88. The molecule has 1 aliphatic heterocycles. The summed E-state index contributed by atoms with van der Waals surface area (Å²) in [5.74, 6) is 0. The number of aryl methyl sites for hydroxylation is 1. The van der Waals surface area contributed by atoms with Crippen LogP contribution in [0.3, 0.4) is 0 Å². The summed E-state index contributed by atoms with van der Waals surface area (Å²) < 4.78 is 5.27. The third-order valence-corrected chi connectivity index (χ3v) is 3.86. The van der Waals surface area contributed by atoms with Crippen molar-refractivity contribution in [1.82, 2.24) is 4.90 Å². The molecule has 1 aromatic carbocycles. The Labute approximate surface area is 117 Å². The van der Waals surface area contributed by atoms with Gasteiger partial charge in [-0.15, -0.1) is 0 Å². The highest BCUT2D eigenvalue weighted by molar-refractivity contribution is 5.80. The van der Waals surface area contributed by atoms with Gasteiger partial charge in [0, 0.05) is 24.5 Å². The Morgan fingerprint density at radius 3 is 3.05 bits per heavy atom. The van der Waals surface area contributed by atoms with Crippen molar-refractivity contribution in [1.29, 1.82) is 0 Å². The number of aliphatic hydroxyl groups excluding tert-OH is 1. The predicted molar refractivity (Wildman–Crippen MR) is 77.7 cm³/mol. The van der Waals surface area contributed by atoms with Crippen LogP contribution in [-0.4, -0.2) is 29.2 Å². The minimum atomic E-state index is -0.310. The SMILES string of the molecule is Cc1ccc2c(CN3CCCC(O)C3)cc(=O)oc2c1. The summed E-state index contributed by atoms with van der Waals surface area (Å²) in [6.45, 7) is 4.30. The van der Waals surface area contributed by atoms with E-state index in [1.165, 1.54) is 0 Å². The van der Waals surface area contributed by atoms with Crippen LogP contribution in [0.15, 0.2) is 33.5 Å². The molecule has 1 atom stereocenters. The lowest BCUT2D eigenvalue weighted by Gasteiger charge is -2.30. The van der Waals surface area contributed by atoms with Crippen LogP contribution in [0, 0.1) is 6.92 Å². The van der Waals surface area contributed by atoms with Crippen LogP contribution < -0.4 is 5.63 Å². The number of aliphatic hydroxyl groups is 1. The predicted octanol–water partition coefficient (Wildman–Crippen LogP) is 2.06. The number of fused-ring (bicyclic) bond motifs is 1. The molecule has 3 rings (SSSR count). The Balaban J connectivity index is 1.96. The fraction of sp³-hybridized carbons (Fsp3) is 0.438. The van der Waals surface area contributed by atoms with E-state index in [-0.39, 0.29) is 11.7 Å². The molecule has 0 bridgehead atoms. The topological polar surface area (TPSA) is 53.7 Å². The number of hydrogen-bond acceptors (Lipinski definition) is 4. The number of β-amino-alcohol motifs (C(OH)–C–C–N with tert-alkyl or cyclic N) is 1. The molecule has 2 heterocycles. The molecule has 0 saturated carbocycles. The molecule has 0 radical (unpaired) electrons. The summed E-state index contributed by atoms with van der Waals surface area (Å²) in [6, 6.07) is 7.49. The molecule has 1 unspecified atom stereocenters. The van der Waals surface area contributed by atoms with Crippen LogP contribution in [0.25, 0.3) is 11.0 Å². The van der Waals surface area contributed by atoms with Crippen molar-refractivity contribution in [3.63, 3.8) is 0 Å². The Bertz CT molecular complexity index is 677. The molecule has 1 aliphatic rings. The fourth-order valence-corrected chi connectivity index (χ4v) is 2.88. The zero-order chi connectivity index (χ0) is 14.1. The lowest BCUT2D eigenvalue weighted by Crippen LogP contribution is -2.37. The van der Waals surface area contributed by atoms with Crippen LogP contribution in [0.5, 0.6) is 0 Å². The average Bonchev–Trinajstić information content (AvgIpc) is 2.37. The van der Waals surface area contributed by atoms with Crippen molar-refractivity contribution in [3.8, 4) is 0 Å². The maximum absolute atomic E-state index is 11.7. The van der Waals surface area contributed by atoms with Gasteiger partial charge in [0.15, 0.2) is 0 Å². The molecule has 4 nitrogen and oxygen atoms in total. The maximum Gasteiger partial charge on any atom is 0.336 e. The molecule has 1 aromatic heterocycles. The van der Waals surface area contributed by atoms with Gasteiger partial charge in [-0.3, -0.25) is 4.90 Å². The van der Waals surface area contributed by atoms with Gasteiger partial charge in [-0.2, -0.15) is 0 Å². The van der Waals surface area contributed by atoms with E-state index in [1.54, 1.807) is 6.07 Å². The summed E-state index contributed by atoms with van der Waals surface area (Å²) in [5.41, 5.74) is 2.39. The van der Waals surface area contributed by atoms with Crippen LogP contribution in [0.2, 0.25) is 0 Å². The number of benzene rings is 1. The molecule has 0 amide bonds. The Morgan fingerprint density at radius 2 is 2.25 bits per heavy atom. The van der Waals surface area contributed by atoms with Gasteiger partial charge >= 0.3 is 5.63 Å². The van der Waals surface area contributed by atoms with Gasteiger partial charge in [-0.05, 0) is 43.5 Å². The summed E-state index contributed by atoms with van der Waals surface area (Å²) in [6.07, 6.45) is 1.62. The van der Waals surface area contributed by atoms with Crippen molar-refractivity contribution < 1.29 is 9.52 Å². The minimum absolute atomic E-state index is 0.252. The Morgan fingerprint density at radius 1 is 1.40 bits per heavy atom. The molecule has 2 aromatic rings. The van der Waals surface area contributed by atoms with Crippen molar-refractivity contribution in [2.75, 3.05) is 13.1 Å². The maximum atomic E-state index is 11.7. The third kappa shape index (κ3) is 2.76. The normalized spacial score (nSPS) is 20.4. The van der Waals surface area contributed by atoms with E-state index in [4.69, 9.17) is 4.42 Å². The van der Waals surface area contributed by atoms with Gasteiger partial charge in [0.1, 0.15) is 5.58 Å². The van der Waals surface area contributed by atoms with E-state index < -0.39 is 0 Å². The molecule has 20 heavy (non-hydrogen) atoms. The Hall–Kier alpha value is -1.65. The van der Waals surface area contributed by atoms with E-state index in [0.717, 1.165) is 35.9 Å². The molecular formula is C16H19NO3. The highest BCUT2D eigenvalue weighted by Gasteiger charge is 2.18. The first-order valence-electron chi connectivity index (χ1n) is 7.05. The summed E-state index contributed by atoms with van der Waals surface area (Å²) in [4.78, 5) is 13.9. The van der Waals surface area contributed by atoms with E-state index >= 15 is 0 Å². The van der Waals surface area contributed by atoms with Gasteiger partial charge in [0.2, 0.25) is 0 Å². The van der Waals surface area contributed by atoms with Crippen molar-refractivity contribution in [2.45, 2.75) is 32.4 Å². The molecule has 4 heteroatoms. The second-order valence-electron chi connectivity index (χ2n) is 5.62. The van der Waals surface area contributed by atoms with Crippen LogP contribution in [0.4, 0.5) is 0 Å². The number of likely N-dealkylation sites (tertiary alicyclic amines) is 1. The zero-order valence-electron chi connectivity index (χ0n) is 11.6. The van der Waals surface area contributed by atoms with Gasteiger partial charge in [-0.1, -0.05) is 12.1 Å². The number of hydrogen-bond donors (Lipinski definition) is 1.